The fourth-order valence-corrected chi connectivity index (χ4v) is 2.60. The highest BCUT2D eigenvalue weighted by Gasteiger charge is 2.14. The highest BCUT2D eigenvalue weighted by molar-refractivity contribution is 5.92. The van der Waals surface area contributed by atoms with Crippen LogP contribution in [-0.2, 0) is 6.54 Å². The van der Waals surface area contributed by atoms with E-state index >= 15 is 0 Å². The number of carbonyl (C=O) groups excluding carboxylic acids is 1. The molecule has 132 valence electrons. The molecule has 3 rings (SSSR count). The lowest BCUT2D eigenvalue weighted by Crippen LogP contribution is -2.28. The Kier molecular flexibility index (Phi) is 5.38. The number of anilines is 1. The van der Waals surface area contributed by atoms with Crippen LogP contribution >= 0.6 is 0 Å². The molecule has 2 heterocycles. The zero-order valence-electron chi connectivity index (χ0n) is 14.6. The highest BCUT2D eigenvalue weighted by atomic mass is 16.7. The summed E-state index contributed by atoms with van der Waals surface area (Å²) in [6.07, 6.45) is 3.70. The van der Waals surface area contributed by atoms with Gasteiger partial charge in [0.25, 0.3) is 5.91 Å². The molecule has 6 nitrogen and oxygen atoms in total. The van der Waals surface area contributed by atoms with Crippen molar-refractivity contribution in [3.05, 3.63) is 47.8 Å². The van der Waals surface area contributed by atoms with Crippen molar-refractivity contribution in [1.29, 1.82) is 0 Å². The molecule has 0 unspecified atom stereocenters. The first-order valence-electron chi connectivity index (χ1n) is 8.51. The van der Waals surface area contributed by atoms with Crippen LogP contribution in [0.15, 0.2) is 36.5 Å². The van der Waals surface area contributed by atoms with E-state index in [0.717, 1.165) is 42.1 Å². The lowest BCUT2D eigenvalue weighted by atomic mass is 10.2. The van der Waals surface area contributed by atoms with Gasteiger partial charge in [0.2, 0.25) is 6.79 Å². The quantitative estimate of drug-likeness (QED) is 0.837. The number of pyridine rings is 1. The summed E-state index contributed by atoms with van der Waals surface area (Å²) in [4.78, 5) is 18.3. The molecule has 1 N–H and O–H groups in total. The molecule has 6 heteroatoms. The molecule has 1 aliphatic heterocycles. The lowest BCUT2D eigenvalue weighted by molar-refractivity contribution is 0.0787. The van der Waals surface area contributed by atoms with E-state index in [1.165, 1.54) is 0 Å². The van der Waals surface area contributed by atoms with Gasteiger partial charge in [-0.25, -0.2) is 0 Å². The largest absolute Gasteiger partial charge is 0.454 e. The third-order valence-electron chi connectivity index (χ3n) is 4.11. The number of carbonyl (C=O) groups is 1. The van der Waals surface area contributed by atoms with Gasteiger partial charge in [-0.15, -0.1) is 0 Å². The number of hydrogen-bond acceptors (Lipinski definition) is 5. The Morgan fingerprint density at radius 1 is 1.24 bits per heavy atom. The summed E-state index contributed by atoms with van der Waals surface area (Å²) in [5, 5.41) is 3.32. The molecule has 2 aromatic rings. The number of fused-ring (bicyclic) bond motifs is 1. The van der Waals surface area contributed by atoms with Crippen molar-refractivity contribution in [2.45, 2.75) is 26.3 Å². The SMILES string of the molecule is CCCCN(C)C(=O)c1cc(NCc2ccc3c(c2)OCO3)ccn1. The van der Waals surface area contributed by atoms with E-state index in [4.69, 9.17) is 9.47 Å². The molecule has 1 amide bonds. The standard InChI is InChI=1S/C19H23N3O3/c1-3-4-9-22(2)19(23)16-11-15(7-8-20-16)21-12-14-5-6-17-18(10-14)25-13-24-17/h5-8,10-11H,3-4,9,12-13H2,1-2H3,(H,20,21). The van der Waals surface area contributed by atoms with Crippen molar-refractivity contribution >= 4 is 11.6 Å². The van der Waals surface area contributed by atoms with Gasteiger partial charge in [-0.1, -0.05) is 19.4 Å². The Bertz CT molecular complexity index is 748. The zero-order valence-corrected chi connectivity index (χ0v) is 14.6. The summed E-state index contributed by atoms with van der Waals surface area (Å²) in [6, 6.07) is 9.50. The molecule has 0 aliphatic carbocycles. The highest BCUT2D eigenvalue weighted by Crippen LogP contribution is 2.32. The summed E-state index contributed by atoms with van der Waals surface area (Å²) in [7, 11) is 1.81. The van der Waals surface area contributed by atoms with Crippen molar-refractivity contribution in [2.24, 2.45) is 0 Å². The van der Waals surface area contributed by atoms with Crippen LogP contribution in [0.3, 0.4) is 0 Å². The van der Waals surface area contributed by atoms with Gasteiger partial charge in [-0.05, 0) is 36.2 Å². The minimum atomic E-state index is -0.0554. The molecule has 1 aliphatic rings. The average Bonchev–Trinajstić information content (AvgIpc) is 3.11. The molecule has 0 spiro atoms. The van der Waals surface area contributed by atoms with E-state index < -0.39 is 0 Å². The first-order chi connectivity index (χ1) is 12.2. The van der Waals surface area contributed by atoms with Crippen LogP contribution in [0.4, 0.5) is 5.69 Å². The number of aromatic nitrogens is 1. The molecular formula is C19H23N3O3. The van der Waals surface area contributed by atoms with Crippen LogP contribution in [0.2, 0.25) is 0 Å². The number of rotatable bonds is 7. The normalized spacial score (nSPS) is 12.1. The Morgan fingerprint density at radius 2 is 2.08 bits per heavy atom. The maximum absolute atomic E-state index is 12.4. The number of ether oxygens (including phenoxy) is 2. The third-order valence-corrected chi connectivity index (χ3v) is 4.11. The van der Waals surface area contributed by atoms with Gasteiger partial charge in [-0.2, -0.15) is 0 Å². The number of benzene rings is 1. The molecule has 1 aromatic carbocycles. The van der Waals surface area contributed by atoms with Crippen molar-refractivity contribution < 1.29 is 14.3 Å². The maximum atomic E-state index is 12.4. The molecule has 0 bridgehead atoms. The van der Waals surface area contributed by atoms with Crippen LogP contribution in [0.5, 0.6) is 11.5 Å². The minimum Gasteiger partial charge on any atom is -0.454 e. The van der Waals surface area contributed by atoms with E-state index in [-0.39, 0.29) is 12.7 Å². The Balaban J connectivity index is 1.62. The third kappa shape index (κ3) is 4.21. The first kappa shape index (κ1) is 17.1. The van der Waals surface area contributed by atoms with E-state index in [0.29, 0.717) is 12.2 Å². The summed E-state index contributed by atoms with van der Waals surface area (Å²) in [5.41, 5.74) is 2.39. The number of amides is 1. The second kappa shape index (κ2) is 7.88. The van der Waals surface area contributed by atoms with Crippen molar-refractivity contribution in [3.63, 3.8) is 0 Å². The fourth-order valence-electron chi connectivity index (χ4n) is 2.60. The van der Waals surface area contributed by atoms with Crippen LogP contribution in [-0.4, -0.2) is 36.2 Å². The van der Waals surface area contributed by atoms with Gasteiger partial charge in [-0.3, -0.25) is 9.78 Å². The molecular weight excluding hydrogens is 318 g/mol. The number of unbranched alkanes of at least 4 members (excludes halogenated alkanes) is 1. The van der Waals surface area contributed by atoms with Crippen LogP contribution in [0.25, 0.3) is 0 Å². The predicted molar refractivity (Wildman–Crippen MR) is 96.0 cm³/mol. The topological polar surface area (TPSA) is 63.7 Å². The van der Waals surface area contributed by atoms with Gasteiger partial charge < -0.3 is 19.7 Å². The summed E-state index contributed by atoms with van der Waals surface area (Å²) in [6.45, 7) is 3.75. The Labute approximate surface area is 147 Å². The molecule has 25 heavy (non-hydrogen) atoms. The molecule has 1 aromatic heterocycles. The number of hydrogen-bond donors (Lipinski definition) is 1. The Morgan fingerprint density at radius 3 is 2.92 bits per heavy atom. The summed E-state index contributed by atoms with van der Waals surface area (Å²) < 4.78 is 10.7. The van der Waals surface area contributed by atoms with E-state index in [1.54, 1.807) is 17.2 Å². The zero-order chi connectivity index (χ0) is 17.6. The smallest absolute Gasteiger partial charge is 0.272 e. The number of nitrogens with zero attached hydrogens (tertiary/aromatic N) is 2. The Hall–Kier alpha value is -2.76. The van der Waals surface area contributed by atoms with Crippen molar-refractivity contribution in [1.82, 2.24) is 9.88 Å². The van der Waals surface area contributed by atoms with Gasteiger partial charge in [0.1, 0.15) is 5.69 Å². The number of nitrogens with one attached hydrogen (secondary N) is 1. The van der Waals surface area contributed by atoms with E-state index in [9.17, 15) is 4.79 Å². The van der Waals surface area contributed by atoms with E-state index in [1.807, 2.05) is 31.3 Å². The van der Waals surface area contributed by atoms with Crippen molar-refractivity contribution in [2.75, 3.05) is 25.7 Å². The molecule has 0 radical (unpaired) electrons. The van der Waals surface area contributed by atoms with Crippen LogP contribution in [0.1, 0.15) is 35.8 Å². The molecule has 0 saturated carbocycles. The second-order valence-corrected chi connectivity index (χ2v) is 6.05. The van der Waals surface area contributed by atoms with Gasteiger partial charge in [0, 0.05) is 32.0 Å². The minimum absolute atomic E-state index is 0.0554. The van der Waals surface area contributed by atoms with Crippen molar-refractivity contribution in [3.8, 4) is 11.5 Å². The average molecular weight is 341 g/mol. The molecule has 0 saturated heterocycles. The van der Waals surface area contributed by atoms with Gasteiger partial charge in [0.05, 0.1) is 0 Å². The predicted octanol–water partition coefficient (Wildman–Crippen LogP) is 3.29. The molecule has 0 atom stereocenters. The van der Waals surface area contributed by atoms with Gasteiger partial charge >= 0.3 is 0 Å². The van der Waals surface area contributed by atoms with Crippen LogP contribution < -0.4 is 14.8 Å². The molecule has 0 fully saturated rings. The summed E-state index contributed by atoms with van der Waals surface area (Å²) >= 11 is 0. The maximum Gasteiger partial charge on any atom is 0.272 e. The van der Waals surface area contributed by atoms with Gasteiger partial charge in [0.15, 0.2) is 11.5 Å². The lowest BCUT2D eigenvalue weighted by Gasteiger charge is -2.16. The first-order valence-corrected chi connectivity index (χ1v) is 8.51. The fraction of sp³-hybridized carbons (Fsp3) is 0.368. The second-order valence-electron chi connectivity index (χ2n) is 6.05. The monoisotopic (exact) mass is 341 g/mol. The van der Waals surface area contributed by atoms with E-state index in [2.05, 4.69) is 17.2 Å². The van der Waals surface area contributed by atoms with Crippen LogP contribution in [0, 0.1) is 0 Å². The summed E-state index contributed by atoms with van der Waals surface area (Å²) in [5.74, 6) is 1.48.